The molecule has 0 aliphatic rings. The number of carbonyl (C=O) groups excluding carboxylic acids is 1. The Morgan fingerprint density at radius 3 is 2.24 bits per heavy atom. The number of phenols is 1. The second-order valence-corrected chi connectivity index (χ2v) is 5.35. The average molecular weight is 288 g/mol. The molecule has 0 fully saturated rings. The highest BCUT2D eigenvalue weighted by Gasteiger charge is 2.21. The van der Waals surface area contributed by atoms with Gasteiger partial charge in [0.1, 0.15) is 5.75 Å². The molecule has 2 aromatic rings. The number of carbonyl (C=O) groups is 1. The van der Waals surface area contributed by atoms with Gasteiger partial charge < -0.3 is 14.6 Å². The lowest BCUT2D eigenvalue weighted by Gasteiger charge is -2.19. The molecular formula is C17H20O4. The molecule has 112 valence electrons. The fourth-order valence-electron chi connectivity index (χ4n) is 2.74. The second-order valence-electron chi connectivity index (χ2n) is 5.35. The third-order valence-corrected chi connectivity index (χ3v) is 3.72. The molecule has 4 heteroatoms. The average Bonchev–Trinajstić information content (AvgIpc) is 2.45. The number of rotatable bonds is 4. The molecule has 0 amide bonds. The van der Waals surface area contributed by atoms with Crippen LogP contribution in [0.3, 0.4) is 0 Å². The number of aryl methyl sites for hydroxylation is 1. The fraction of sp³-hybridized carbons (Fsp3) is 0.353. The van der Waals surface area contributed by atoms with Gasteiger partial charge in [-0.1, -0.05) is 13.8 Å². The fourth-order valence-corrected chi connectivity index (χ4v) is 2.74. The Bertz CT molecular complexity index is 702. The van der Waals surface area contributed by atoms with Crippen LogP contribution >= 0.6 is 0 Å². The van der Waals surface area contributed by atoms with Crippen molar-refractivity contribution in [1.82, 2.24) is 0 Å². The van der Waals surface area contributed by atoms with Crippen LogP contribution in [0, 0.1) is 6.92 Å². The van der Waals surface area contributed by atoms with Crippen LogP contribution in [-0.2, 0) is 0 Å². The van der Waals surface area contributed by atoms with Crippen LogP contribution in [0.1, 0.15) is 41.3 Å². The molecule has 4 nitrogen and oxygen atoms in total. The standard InChI is InChI=1S/C17H20O4/c1-9(2)11-7-14(19)13(8-18)15-12(11)6-10(3)16(20-4)17(15)21-5/h6-9,19H,1-5H3. The van der Waals surface area contributed by atoms with Crippen LogP contribution in [0.25, 0.3) is 10.8 Å². The summed E-state index contributed by atoms with van der Waals surface area (Å²) < 4.78 is 10.9. The topological polar surface area (TPSA) is 55.8 Å². The Hall–Kier alpha value is -2.23. The van der Waals surface area contributed by atoms with E-state index >= 15 is 0 Å². The first-order valence-corrected chi connectivity index (χ1v) is 6.82. The lowest BCUT2D eigenvalue weighted by atomic mass is 9.90. The van der Waals surface area contributed by atoms with Gasteiger partial charge in [-0.15, -0.1) is 0 Å². The van der Waals surface area contributed by atoms with Crippen molar-refractivity contribution in [3.05, 3.63) is 28.8 Å². The summed E-state index contributed by atoms with van der Waals surface area (Å²) in [6.07, 6.45) is 0.652. The van der Waals surface area contributed by atoms with Crippen LogP contribution < -0.4 is 9.47 Å². The van der Waals surface area contributed by atoms with Crippen molar-refractivity contribution in [2.45, 2.75) is 26.7 Å². The van der Waals surface area contributed by atoms with Gasteiger partial charge in [0.05, 0.1) is 19.8 Å². The quantitative estimate of drug-likeness (QED) is 0.869. The van der Waals surface area contributed by atoms with E-state index in [0.717, 1.165) is 16.5 Å². The van der Waals surface area contributed by atoms with Gasteiger partial charge in [-0.2, -0.15) is 0 Å². The highest BCUT2D eigenvalue weighted by atomic mass is 16.5. The number of fused-ring (bicyclic) bond motifs is 1. The van der Waals surface area contributed by atoms with Gasteiger partial charge >= 0.3 is 0 Å². The predicted octanol–water partition coefficient (Wildman–Crippen LogP) is 3.81. The van der Waals surface area contributed by atoms with Gasteiger partial charge in [-0.05, 0) is 41.5 Å². The number of aromatic hydroxyl groups is 1. The molecule has 0 heterocycles. The highest BCUT2D eigenvalue weighted by Crippen LogP contribution is 2.44. The Balaban J connectivity index is 3.09. The molecule has 2 aromatic carbocycles. The number of methoxy groups -OCH3 is 2. The molecule has 0 atom stereocenters. The Morgan fingerprint density at radius 1 is 1.14 bits per heavy atom. The monoisotopic (exact) mass is 288 g/mol. The van der Waals surface area contributed by atoms with Crippen molar-refractivity contribution < 1.29 is 19.4 Å². The normalized spacial score (nSPS) is 11.0. The van der Waals surface area contributed by atoms with Gasteiger partial charge in [0.25, 0.3) is 0 Å². The first-order valence-electron chi connectivity index (χ1n) is 6.82. The molecule has 0 bridgehead atoms. The summed E-state index contributed by atoms with van der Waals surface area (Å²) in [7, 11) is 3.09. The van der Waals surface area contributed by atoms with E-state index in [1.54, 1.807) is 13.2 Å². The first kappa shape index (κ1) is 15.2. The zero-order valence-electron chi connectivity index (χ0n) is 13.0. The van der Waals surface area contributed by atoms with Crippen LogP contribution in [0.4, 0.5) is 0 Å². The summed E-state index contributed by atoms with van der Waals surface area (Å²) in [6.45, 7) is 6.01. The minimum absolute atomic E-state index is 0.0367. The van der Waals surface area contributed by atoms with Crippen molar-refractivity contribution in [2.24, 2.45) is 0 Å². The summed E-state index contributed by atoms with van der Waals surface area (Å²) in [6, 6.07) is 3.63. The number of benzene rings is 2. The zero-order chi connectivity index (χ0) is 15.7. The lowest BCUT2D eigenvalue weighted by Crippen LogP contribution is -2.00. The van der Waals surface area contributed by atoms with E-state index < -0.39 is 0 Å². The van der Waals surface area contributed by atoms with E-state index in [2.05, 4.69) is 0 Å². The molecule has 0 saturated carbocycles. The molecule has 2 rings (SSSR count). The summed E-state index contributed by atoms with van der Waals surface area (Å²) in [5.41, 5.74) is 2.12. The maximum absolute atomic E-state index is 11.4. The Labute approximate surface area is 124 Å². The van der Waals surface area contributed by atoms with E-state index in [4.69, 9.17) is 9.47 Å². The molecule has 0 spiro atoms. The molecule has 0 aromatic heterocycles. The first-order chi connectivity index (χ1) is 9.96. The Kier molecular flexibility index (Phi) is 4.07. The number of phenolic OH excluding ortho intramolecular Hbond substituents is 1. The third-order valence-electron chi connectivity index (χ3n) is 3.72. The van der Waals surface area contributed by atoms with Crippen molar-refractivity contribution in [3.8, 4) is 17.2 Å². The summed E-state index contributed by atoms with van der Waals surface area (Å²) in [5.74, 6) is 1.22. The predicted molar refractivity (Wildman–Crippen MR) is 82.9 cm³/mol. The van der Waals surface area contributed by atoms with Crippen LogP contribution in [-0.4, -0.2) is 25.6 Å². The SMILES string of the molecule is COc1c(C)cc2c(C(C)C)cc(O)c(C=O)c2c1OC. The largest absolute Gasteiger partial charge is 0.507 e. The summed E-state index contributed by atoms with van der Waals surface area (Å²) in [4.78, 5) is 11.4. The zero-order valence-corrected chi connectivity index (χ0v) is 13.0. The van der Waals surface area contributed by atoms with Crippen molar-refractivity contribution in [2.75, 3.05) is 14.2 Å². The maximum atomic E-state index is 11.4. The van der Waals surface area contributed by atoms with E-state index in [1.807, 2.05) is 26.8 Å². The molecule has 0 saturated heterocycles. The molecule has 21 heavy (non-hydrogen) atoms. The molecule has 0 aliphatic heterocycles. The van der Waals surface area contributed by atoms with E-state index in [0.29, 0.717) is 23.2 Å². The summed E-state index contributed by atoms with van der Waals surface area (Å²) in [5, 5.41) is 11.7. The number of aldehydes is 1. The van der Waals surface area contributed by atoms with Crippen molar-refractivity contribution in [3.63, 3.8) is 0 Å². The lowest BCUT2D eigenvalue weighted by molar-refractivity contribution is 0.112. The minimum Gasteiger partial charge on any atom is -0.507 e. The van der Waals surface area contributed by atoms with Gasteiger partial charge in [0.15, 0.2) is 17.8 Å². The molecule has 1 N–H and O–H groups in total. The third kappa shape index (κ3) is 2.31. The highest BCUT2D eigenvalue weighted by molar-refractivity contribution is 6.07. The van der Waals surface area contributed by atoms with Crippen molar-refractivity contribution >= 4 is 17.1 Å². The molecule has 0 radical (unpaired) electrons. The van der Waals surface area contributed by atoms with Gasteiger partial charge in [-0.25, -0.2) is 0 Å². The molecular weight excluding hydrogens is 268 g/mol. The van der Waals surface area contributed by atoms with E-state index in [1.165, 1.54) is 7.11 Å². The molecule has 0 aliphatic carbocycles. The second kappa shape index (κ2) is 5.64. The van der Waals surface area contributed by atoms with Crippen LogP contribution in [0.5, 0.6) is 17.2 Å². The van der Waals surface area contributed by atoms with Gasteiger partial charge in [0, 0.05) is 5.39 Å². The molecule has 0 unspecified atom stereocenters. The smallest absolute Gasteiger partial charge is 0.169 e. The number of hydrogen-bond donors (Lipinski definition) is 1. The summed E-state index contributed by atoms with van der Waals surface area (Å²) >= 11 is 0. The van der Waals surface area contributed by atoms with Crippen molar-refractivity contribution in [1.29, 1.82) is 0 Å². The maximum Gasteiger partial charge on any atom is 0.169 e. The van der Waals surface area contributed by atoms with Crippen LogP contribution in [0.15, 0.2) is 12.1 Å². The minimum atomic E-state index is -0.0367. The number of ether oxygens (including phenoxy) is 2. The van der Waals surface area contributed by atoms with E-state index in [9.17, 15) is 9.90 Å². The van der Waals surface area contributed by atoms with Gasteiger partial charge in [0.2, 0.25) is 0 Å². The van der Waals surface area contributed by atoms with Crippen LogP contribution in [0.2, 0.25) is 0 Å². The van der Waals surface area contributed by atoms with E-state index in [-0.39, 0.29) is 17.2 Å². The van der Waals surface area contributed by atoms with Gasteiger partial charge in [-0.3, -0.25) is 4.79 Å². The number of hydrogen-bond acceptors (Lipinski definition) is 4. The Morgan fingerprint density at radius 2 is 1.76 bits per heavy atom.